The van der Waals surface area contributed by atoms with Crippen molar-refractivity contribution in [3.63, 3.8) is 0 Å². The van der Waals surface area contributed by atoms with Crippen LogP contribution in [-0.2, 0) is 14.4 Å². The van der Waals surface area contributed by atoms with Crippen LogP contribution in [0.2, 0.25) is 0 Å². The number of carboxylic acid groups (broad SMARTS) is 1. The molecule has 1 aliphatic carbocycles. The van der Waals surface area contributed by atoms with Gasteiger partial charge in [-0.25, -0.2) is 0 Å². The molecule has 2 aliphatic rings. The summed E-state index contributed by atoms with van der Waals surface area (Å²) in [4.78, 5) is 37.3. The minimum absolute atomic E-state index is 0.150. The van der Waals surface area contributed by atoms with Crippen LogP contribution in [0.15, 0.2) is 0 Å². The van der Waals surface area contributed by atoms with Gasteiger partial charge in [-0.1, -0.05) is 6.42 Å². The van der Waals surface area contributed by atoms with Crippen molar-refractivity contribution in [2.24, 2.45) is 11.8 Å². The number of nitrogens with zero attached hydrogens (tertiary/aromatic N) is 1. The van der Waals surface area contributed by atoms with Gasteiger partial charge in [0.05, 0.1) is 11.8 Å². The average Bonchev–Trinajstić information content (AvgIpc) is 2.95. The SMILES string of the molecule is CNC(=O)C1CCCCN1C(=O)C1CCCC1C(=O)O. The highest BCUT2D eigenvalue weighted by atomic mass is 16.4. The molecule has 2 amide bonds. The minimum atomic E-state index is -0.894. The van der Waals surface area contributed by atoms with Crippen molar-refractivity contribution in [1.82, 2.24) is 10.2 Å². The van der Waals surface area contributed by atoms with Crippen molar-refractivity contribution in [1.29, 1.82) is 0 Å². The second-order valence-corrected chi connectivity index (χ2v) is 5.64. The lowest BCUT2D eigenvalue weighted by atomic mass is 9.92. The highest BCUT2D eigenvalue weighted by Gasteiger charge is 2.42. The summed E-state index contributed by atoms with van der Waals surface area (Å²) in [5.41, 5.74) is 0. The molecule has 112 valence electrons. The van der Waals surface area contributed by atoms with Gasteiger partial charge in [0, 0.05) is 13.6 Å². The highest BCUT2D eigenvalue weighted by molar-refractivity contribution is 5.90. The number of rotatable bonds is 3. The Balaban J connectivity index is 2.13. The average molecular weight is 282 g/mol. The van der Waals surface area contributed by atoms with E-state index in [-0.39, 0.29) is 11.8 Å². The highest BCUT2D eigenvalue weighted by Crippen LogP contribution is 2.34. The van der Waals surface area contributed by atoms with E-state index in [9.17, 15) is 19.5 Å². The molecule has 0 aromatic heterocycles. The smallest absolute Gasteiger partial charge is 0.307 e. The molecule has 3 unspecified atom stereocenters. The van der Waals surface area contributed by atoms with Crippen LogP contribution < -0.4 is 5.32 Å². The molecule has 6 heteroatoms. The third kappa shape index (κ3) is 2.78. The summed E-state index contributed by atoms with van der Waals surface area (Å²) in [6.07, 6.45) is 4.41. The van der Waals surface area contributed by atoms with E-state index in [0.29, 0.717) is 25.8 Å². The summed E-state index contributed by atoms with van der Waals surface area (Å²) < 4.78 is 0. The van der Waals surface area contributed by atoms with Gasteiger partial charge in [0.15, 0.2) is 0 Å². The number of carbonyl (C=O) groups excluding carboxylic acids is 2. The lowest BCUT2D eigenvalue weighted by molar-refractivity contribution is -0.152. The number of piperidine rings is 1. The number of carboxylic acids is 1. The molecule has 2 N–H and O–H groups in total. The molecular weight excluding hydrogens is 260 g/mol. The van der Waals surface area contributed by atoms with Crippen molar-refractivity contribution in [2.45, 2.75) is 44.6 Å². The van der Waals surface area contributed by atoms with Crippen molar-refractivity contribution >= 4 is 17.8 Å². The zero-order valence-electron chi connectivity index (χ0n) is 11.8. The van der Waals surface area contributed by atoms with Gasteiger partial charge < -0.3 is 15.3 Å². The first kappa shape index (κ1) is 14.8. The second kappa shape index (κ2) is 6.24. The molecule has 1 saturated heterocycles. The van der Waals surface area contributed by atoms with Gasteiger partial charge in [0.1, 0.15) is 6.04 Å². The fourth-order valence-electron chi connectivity index (χ4n) is 3.40. The van der Waals surface area contributed by atoms with Gasteiger partial charge in [0.2, 0.25) is 11.8 Å². The number of carbonyl (C=O) groups is 3. The molecule has 6 nitrogen and oxygen atoms in total. The first-order valence-electron chi connectivity index (χ1n) is 7.31. The molecule has 0 aromatic carbocycles. The number of hydrogen-bond donors (Lipinski definition) is 2. The summed E-state index contributed by atoms with van der Waals surface area (Å²) in [5.74, 6) is -2.24. The van der Waals surface area contributed by atoms with Gasteiger partial charge in [-0.05, 0) is 32.1 Å². The minimum Gasteiger partial charge on any atom is -0.481 e. The van der Waals surface area contributed by atoms with E-state index < -0.39 is 23.8 Å². The Morgan fingerprint density at radius 1 is 1.05 bits per heavy atom. The fraction of sp³-hybridized carbons (Fsp3) is 0.786. The molecule has 2 fully saturated rings. The van der Waals surface area contributed by atoms with Gasteiger partial charge >= 0.3 is 5.97 Å². The second-order valence-electron chi connectivity index (χ2n) is 5.64. The van der Waals surface area contributed by atoms with Gasteiger partial charge in [0.25, 0.3) is 0 Å². The number of nitrogens with one attached hydrogen (secondary N) is 1. The Labute approximate surface area is 118 Å². The standard InChI is InChI=1S/C14H22N2O4/c1-15-12(17)11-7-2-3-8-16(11)13(18)9-5-4-6-10(9)14(19)20/h9-11H,2-8H2,1H3,(H,15,17)(H,19,20). The van der Waals surface area contributed by atoms with Gasteiger partial charge in [-0.15, -0.1) is 0 Å². The van der Waals surface area contributed by atoms with Crippen LogP contribution in [-0.4, -0.2) is 47.4 Å². The maximum absolute atomic E-state index is 12.6. The molecular formula is C14H22N2O4. The molecule has 0 radical (unpaired) electrons. The molecule has 0 aromatic rings. The third-order valence-electron chi connectivity index (χ3n) is 4.49. The lowest BCUT2D eigenvalue weighted by Crippen LogP contribution is -2.53. The topological polar surface area (TPSA) is 86.7 Å². The molecule has 3 atom stereocenters. The predicted molar refractivity (Wildman–Crippen MR) is 71.9 cm³/mol. The van der Waals surface area contributed by atoms with E-state index in [2.05, 4.69) is 5.32 Å². The van der Waals surface area contributed by atoms with E-state index in [1.807, 2.05) is 0 Å². The lowest BCUT2D eigenvalue weighted by Gasteiger charge is -2.36. The van der Waals surface area contributed by atoms with Crippen molar-refractivity contribution < 1.29 is 19.5 Å². The summed E-state index contributed by atoms with van der Waals surface area (Å²) in [7, 11) is 1.56. The van der Waals surface area contributed by atoms with Crippen molar-refractivity contribution in [3.8, 4) is 0 Å². The van der Waals surface area contributed by atoms with Crippen molar-refractivity contribution in [3.05, 3.63) is 0 Å². The Kier molecular flexibility index (Phi) is 4.62. The van der Waals surface area contributed by atoms with Crippen LogP contribution in [0.4, 0.5) is 0 Å². The summed E-state index contributed by atoms with van der Waals surface area (Å²) in [6.45, 7) is 0.555. The Hall–Kier alpha value is -1.59. The Morgan fingerprint density at radius 2 is 1.75 bits per heavy atom. The molecule has 0 bridgehead atoms. The fourth-order valence-corrected chi connectivity index (χ4v) is 3.40. The van der Waals surface area contributed by atoms with Crippen LogP contribution in [0.25, 0.3) is 0 Å². The number of hydrogen-bond acceptors (Lipinski definition) is 3. The molecule has 1 aliphatic heterocycles. The maximum Gasteiger partial charge on any atom is 0.307 e. The molecule has 1 saturated carbocycles. The maximum atomic E-state index is 12.6. The summed E-state index contributed by atoms with van der Waals surface area (Å²) >= 11 is 0. The van der Waals surface area contributed by atoms with Crippen LogP contribution in [0.1, 0.15) is 38.5 Å². The molecule has 1 heterocycles. The molecule has 20 heavy (non-hydrogen) atoms. The van der Waals surface area contributed by atoms with Gasteiger partial charge in [-0.3, -0.25) is 14.4 Å². The Morgan fingerprint density at radius 3 is 2.40 bits per heavy atom. The number of likely N-dealkylation sites (N-methyl/N-ethyl adjacent to an activating group) is 1. The quantitative estimate of drug-likeness (QED) is 0.794. The van der Waals surface area contributed by atoms with Crippen LogP contribution in [0.3, 0.4) is 0 Å². The van der Waals surface area contributed by atoms with E-state index in [1.165, 1.54) is 0 Å². The van der Waals surface area contributed by atoms with Crippen LogP contribution in [0, 0.1) is 11.8 Å². The summed E-state index contributed by atoms with van der Waals surface area (Å²) in [5, 5.41) is 11.8. The molecule has 0 spiro atoms. The number of aliphatic carboxylic acids is 1. The van der Waals surface area contributed by atoms with Crippen LogP contribution >= 0.6 is 0 Å². The number of amides is 2. The summed E-state index contributed by atoms with van der Waals surface area (Å²) in [6, 6.07) is -0.434. The zero-order chi connectivity index (χ0) is 14.7. The first-order chi connectivity index (χ1) is 9.56. The zero-order valence-corrected chi connectivity index (χ0v) is 11.8. The van der Waals surface area contributed by atoms with E-state index >= 15 is 0 Å². The molecule has 2 rings (SSSR count). The first-order valence-corrected chi connectivity index (χ1v) is 7.31. The Bertz CT molecular complexity index is 410. The normalized spacial score (nSPS) is 30.1. The van der Waals surface area contributed by atoms with E-state index in [1.54, 1.807) is 11.9 Å². The largest absolute Gasteiger partial charge is 0.481 e. The van der Waals surface area contributed by atoms with E-state index in [0.717, 1.165) is 19.3 Å². The third-order valence-corrected chi connectivity index (χ3v) is 4.49. The predicted octanol–water partition coefficient (Wildman–Crippen LogP) is 0.614. The monoisotopic (exact) mass is 282 g/mol. The van der Waals surface area contributed by atoms with Crippen molar-refractivity contribution in [2.75, 3.05) is 13.6 Å². The van der Waals surface area contributed by atoms with Gasteiger partial charge in [-0.2, -0.15) is 0 Å². The van der Waals surface area contributed by atoms with Crippen LogP contribution in [0.5, 0.6) is 0 Å². The number of likely N-dealkylation sites (tertiary alicyclic amines) is 1. The van der Waals surface area contributed by atoms with E-state index in [4.69, 9.17) is 0 Å².